The lowest BCUT2D eigenvalue weighted by Crippen LogP contribution is -2.19. The number of esters is 1. The highest BCUT2D eigenvalue weighted by Gasteiger charge is 2.13. The smallest absolute Gasteiger partial charge is 0.344 e. The molecule has 0 atom stereocenters. The Kier molecular flexibility index (Phi) is 7.84. The molecule has 3 rings (SSSR count). The van der Waals surface area contributed by atoms with E-state index in [1.165, 1.54) is 19.1 Å². The van der Waals surface area contributed by atoms with Crippen LogP contribution in [0.15, 0.2) is 52.0 Å². The van der Waals surface area contributed by atoms with Crippen molar-refractivity contribution in [1.82, 2.24) is 5.43 Å². The zero-order valence-corrected chi connectivity index (χ0v) is 18.4. The SMILES string of the molecule is CCOC(=O)COc1ccc(Br)cc1/C=N\NC(=O)c1ccc(N2CCCC2)cc1. The number of benzene rings is 2. The molecule has 1 amide bonds. The van der Waals surface area contributed by atoms with Crippen LogP contribution in [0.5, 0.6) is 5.75 Å². The average Bonchev–Trinajstić information content (AvgIpc) is 3.28. The molecule has 1 N–H and O–H groups in total. The van der Waals surface area contributed by atoms with Crippen molar-refractivity contribution in [3.05, 3.63) is 58.1 Å². The summed E-state index contributed by atoms with van der Waals surface area (Å²) in [5.74, 6) is -0.295. The van der Waals surface area contributed by atoms with E-state index in [9.17, 15) is 9.59 Å². The molecule has 0 aliphatic carbocycles. The first-order valence-corrected chi connectivity index (χ1v) is 10.6. The third kappa shape index (κ3) is 6.06. The van der Waals surface area contributed by atoms with E-state index in [1.54, 1.807) is 37.3 Å². The standard InChI is InChI=1S/C22H24BrN3O4/c1-2-29-21(27)15-30-20-10-7-18(23)13-17(20)14-24-25-22(28)16-5-8-19(9-6-16)26-11-3-4-12-26/h5-10,13-14H,2-4,11-12,15H2,1H3,(H,25,28)/b24-14-. The highest BCUT2D eigenvalue weighted by atomic mass is 79.9. The molecule has 7 nitrogen and oxygen atoms in total. The Morgan fingerprint density at radius 3 is 2.60 bits per heavy atom. The van der Waals surface area contributed by atoms with Gasteiger partial charge in [0.1, 0.15) is 5.75 Å². The number of hydrazone groups is 1. The van der Waals surface area contributed by atoms with Crippen molar-refractivity contribution in [1.29, 1.82) is 0 Å². The summed E-state index contributed by atoms with van der Waals surface area (Å²) in [4.78, 5) is 26.2. The first-order chi connectivity index (χ1) is 14.6. The van der Waals surface area contributed by atoms with Gasteiger partial charge in [-0.05, 0) is 62.2 Å². The average molecular weight is 474 g/mol. The van der Waals surface area contributed by atoms with Crippen LogP contribution in [-0.4, -0.2) is 44.4 Å². The normalized spacial score (nSPS) is 13.5. The number of ether oxygens (including phenoxy) is 2. The summed E-state index contributed by atoms with van der Waals surface area (Å²) >= 11 is 3.39. The fourth-order valence-corrected chi connectivity index (χ4v) is 3.49. The van der Waals surface area contributed by atoms with Crippen LogP contribution < -0.4 is 15.1 Å². The summed E-state index contributed by atoms with van der Waals surface area (Å²) in [6, 6.07) is 12.8. The number of rotatable bonds is 8. The van der Waals surface area contributed by atoms with E-state index >= 15 is 0 Å². The Bertz CT molecular complexity index is 909. The molecule has 8 heteroatoms. The Balaban J connectivity index is 1.60. The number of anilines is 1. The minimum Gasteiger partial charge on any atom is -0.481 e. The minimum atomic E-state index is -0.450. The van der Waals surface area contributed by atoms with E-state index in [0.717, 1.165) is 23.2 Å². The van der Waals surface area contributed by atoms with Crippen molar-refractivity contribution in [2.75, 3.05) is 31.2 Å². The quantitative estimate of drug-likeness (QED) is 0.358. The van der Waals surface area contributed by atoms with Crippen molar-refractivity contribution in [2.24, 2.45) is 5.10 Å². The highest BCUT2D eigenvalue weighted by Crippen LogP contribution is 2.22. The van der Waals surface area contributed by atoms with Gasteiger partial charge in [-0.3, -0.25) is 4.79 Å². The van der Waals surface area contributed by atoms with Crippen molar-refractivity contribution >= 4 is 39.7 Å². The molecule has 0 bridgehead atoms. The largest absolute Gasteiger partial charge is 0.481 e. The molecule has 2 aromatic rings. The van der Waals surface area contributed by atoms with Gasteiger partial charge in [0.2, 0.25) is 0 Å². The summed E-state index contributed by atoms with van der Waals surface area (Å²) in [5.41, 5.74) is 4.79. The number of nitrogens with one attached hydrogen (secondary N) is 1. The van der Waals surface area contributed by atoms with Crippen LogP contribution in [0.1, 0.15) is 35.7 Å². The molecule has 1 heterocycles. The molecular weight excluding hydrogens is 450 g/mol. The lowest BCUT2D eigenvalue weighted by Gasteiger charge is -2.17. The van der Waals surface area contributed by atoms with Gasteiger partial charge in [-0.15, -0.1) is 0 Å². The summed E-state index contributed by atoms with van der Waals surface area (Å²) in [6.07, 6.45) is 3.89. The van der Waals surface area contributed by atoms with Gasteiger partial charge in [0.05, 0.1) is 12.8 Å². The molecule has 0 aromatic heterocycles. The number of hydrogen-bond acceptors (Lipinski definition) is 6. The zero-order valence-electron chi connectivity index (χ0n) is 16.8. The second kappa shape index (κ2) is 10.8. The maximum absolute atomic E-state index is 12.4. The molecule has 0 spiro atoms. The fraction of sp³-hybridized carbons (Fsp3) is 0.318. The Morgan fingerprint density at radius 1 is 1.17 bits per heavy atom. The van der Waals surface area contributed by atoms with Crippen LogP contribution in [0.25, 0.3) is 0 Å². The number of hydrogen-bond donors (Lipinski definition) is 1. The molecule has 30 heavy (non-hydrogen) atoms. The maximum atomic E-state index is 12.4. The van der Waals surface area contributed by atoms with Crippen LogP contribution in [-0.2, 0) is 9.53 Å². The summed E-state index contributed by atoms with van der Waals surface area (Å²) in [5, 5.41) is 4.03. The first-order valence-electron chi connectivity index (χ1n) is 9.83. The Labute approximate surface area is 184 Å². The molecule has 2 aromatic carbocycles. The van der Waals surface area contributed by atoms with E-state index in [0.29, 0.717) is 23.5 Å². The van der Waals surface area contributed by atoms with Crippen LogP contribution in [0.4, 0.5) is 5.69 Å². The summed E-state index contributed by atoms with van der Waals surface area (Å²) in [7, 11) is 0. The molecule has 0 saturated carbocycles. The number of amides is 1. The lowest BCUT2D eigenvalue weighted by atomic mass is 10.2. The number of carbonyl (C=O) groups excluding carboxylic acids is 2. The van der Waals surface area contributed by atoms with Gasteiger partial charge in [-0.1, -0.05) is 15.9 Å². The van der Waals surface area contributed by atoms with Gasteiger partial charge in [0.15, 0.2) is 6.61 Å². The second-order valence-corrected chi connectivity index (χ2v) is 7.63. The van der Waals surface area contributed by atoms with Gasteiger partial charge >= 0.3 is 5.97 Å². The second-order valence-electron chi connectivity index (χ2n) is 6.72. The number of carbonyl (C=O) groups is 2. The van der Waals surface area contributed by atoms with Gasteiger partial charge in [0.25, 0.3) is 5.91 Å². The molecule has 1 fully saturated rings. The molecule has 158 valence electrons. The van der Waals surface area contributed by atoms with E-state index < -0.39 is 5.97 Å². The third-order valence-electron chi connectivity index (χ3n) is 4.59. The third-order valence-corrected chi connectivity index (χ3v) is 5.09. The topological polar surface area (TPSA) is 80.2 Å². The number of nitrogens with zero attached hydrogens (tertiary/aromatic N) is 2. The highest BCUT2D eigenvalue weighted by molar-refractivity contribution is 9.10. The summed E-state index contributed by atoms with van der Waals surface area (Å²) < 4.78 is 11.2. The maximum Gasteiger partial charge on any atom is 0.344 e. The molecule has 1 saturated heterocycles. The monoisotopic (exact) mass is 473 g/mol. The predicted molar refractivity (Wildman–Crippen MR) is 119 cm³/mol. The fourth-order valence-electron chi connectivity index (χ4n) is 3.11. The van der Waals surface area contributed by atoms with Crippen LogP contribution in [0, 0.1) is 0 Å². The molecular formula is C22H24BrN3O4. The van der Waals surface area contributed by atoms with Gasteiger partial charge in [-0.25, -0.2) is 10.2 Å². The van der Waals surface area contributed by atoms with Crippen molar-refractivity contribution in [3.8, 4) is 5.75 Å². The minimum absolute atomic E-state index is 0.202. The molecule has 1 aliphatic rings. The molecule has 0 unspecified atom stereocenters. The van der Waals surface area contributed by atoms with Crippen LogP contribution in [0.3, 0.4) is 0 Å². The molecule has 0 radical (unpaired) electrons. The lowest BCUT2D eigenvalue weighted by molar-refractivity contribution is -0.145. The van der Waals surface area contributed by atoms with E-state index in [4.69, 9.17) is 9.47 Å². The van der Waals surface area contributed by atoms with E-state index in [1.807, 2.05) is 12.1 Å². The predicted octanol–water partition coefficient (Wildman–Crippen LogP) is 3.76. The Morgan fingerprint density at radius 2 is 1.90 bits per heavy atom. The summed E-state index contributed by atoms with van der Waals surface area (Å²) in [6.45, 7) is 3.94. The van der Waals surface area contributed by atoms with Gasteiger partial charge < -0.3 is 14.4 Å². The van der Waals surface area contributed by atoms with Crippen molar-refractivity contribution < 1.29 is 19.1 Å². The van der Waals surface area contributed by atoms with Crippen LogP contribution >= 0.6 is 15.9 Å². The Hall–Kier alpha value is -2.87. The van der Waals surface area contributed by atoms with Crippen molar-refractivity contribution in [2.45, 2.75) is 19.8 Å². The van der Waals surface area contributed by atoms with Crippen LogP contribution in [0.2, 0.25) is 0 Å². The zero-order chi connectivity index (χ0) is 21.3. The van der Waals surface area contributed by atoms with Crippen molar-refractivity contribution in [3.63, 3.8) is 0 Å². The first kappa shape index (κ1) is 21.8. The molecule has 1 aliphatic heterocycles. The van der Waals surface area contributed by atoms with Gasteiger partial charge in [0, 0.05) is 34.4 Å². The number of halogens is 1. The van der Waals surface area contributed by atoms with Gasteiger partial charge in [-0.2, -0.15) is 5.10 Å². The van der Waals surface area contributed by atoms with E-state index in [-0.39, 0.29) is 12.5 Å². The van der Waals surface area contributed by atoms with E-state index in [2.05, 4.69) is 31.4 Å².